The number of rotatable bonds is 7. The molecule has 1 aliphatic rings. The molecule has 0 fully saturated rings. The van der Waals surface area contributed by atoms with Crippen molar-refractivity contribution in [1.82, 2.24) is 10.6 Å². The van der Waals surface area contributed by atoms with E-state index in [1.165, 1.54) is 0 Å². The van der Waals surface area contributed by atoms with Crippen molar-refractivity contribution in [2.24, 2.45) is 0 Å². The number of hydrogen-bond donors (Lipinski definition) is 2. The molecule has 0 aliphatic carbocycles. The van der Waals surface area contributed by atoms with Crippen molar-refractivity contribution < 1.29 is 19.1 Å². The predicted molar refractivity (Wildman–Crippen MR) is 132 cm³/mol. The van der Waals surface area contributed by atoms with Gasteiger partial charge in [-0.25, -0.2) is 9.59 Å². The van der Waals surface area contributed by atoms with Gasteiger partial charge in [0.05, 0.1) is 23.9 Å². The second-order valence-electron chi connectivity index (χ2n) is 7.50. The number of halogens is 2. The Morgan fingerprint density at radius 1 is 1.00 bits per heavy atom. The molecule has 0 saturated heterocycles. The lowest BCUT2D eigenvalue weighted by Crippen LogP contribution is -2.45. The van der Waals surface area contributed by atoms with Crippen molar-refractivity contribution in [1.29, 1.82) is 0 Å². The number of hydrogen-bond acceptors (Lipinski definition) is 4. The second kappa shape index (κ2) is 10.6. The molecule has 2 N–H and O–H groups in total. The Kier molecular flexibility index (Phi) is 7.40. The molecule has 34 heavy (non-hydrogen) atoms. The highest BCUT2D eigenvalue weighted by Crippen LogP contribution is 2.33. The van der Waals surface area contributed by atoms with Crippen LogP contribution in [-0.4, -0.2) is 18.6 Å². The van der Waals surface area contributed by atoms with E-state index in [0.717, 1.165) is 5.56 Å². The van der Waals surface area contributed by atoms with Crippen molar-refractivity contribution in [3.8, 4) is 5.75 Å². The smallest absolute Gasteiger partial charge is 0.338 e. The van der Waals surface area contributed by atoms with Gasteiger partial charge in [0.2, 0.25) is 0 Å². The van der Waals surface area contributed by atoms with E-state index in [-0.39, 0.29) is 13.2 Å². The van der Waals surface area contributed by atoms with Gasteiger partial charge < -0.3 is 20.1 Å². The minimum atomic E-state index is -0.731. The third-order valence-electron chi connectivity index (χ3n) is 5.23. The second-order valence-corrected chi connectivity index (χ2v) is 8.35. The summed E-state index contributed by atoms with van der Waals surface area (Å²) >= 11 is 12.2. The van der Waals surface area contributed by atoms with Gasteiger partial charge in [-0.2, -0.15) is 0 Å². The molecule has 0 saturated carbocycles. The van der Waals surface area contributed by atoms with Crippen molar-refractivity contribution in [3.63, 3.8) is 0 Å². The Morgan fingerprint density at radius 2 is 1.79 bits per heavy atom. The Balaban J connectivity index is 1.68. The number of nitrogens with one attached hydrogen (secondary N) is 2. The molecule has 1 unspecified atom stereocenters. The number of esters is 1. The fourth-order valence-electron chi connectivity index (χ4n) is 3.66. The maximum atomic E-state index is 13.0. The van der Waals surface area contributed by atoms with Crippen LogP contribution in [-0.2, 0) is 16.1 Å². The molecule has 0 bridgehead atoms. The molecule has 8 heteroatoms. The highest BCUT2D eigenvalue weighted by Gasteiger charge is 2.34. The summed E-state index contributed by atoms with van der Waals surface area (Å²) in [5, 5.41) is 6.66. The van der Waals surface area contributed by atoms with E-state index in [4.69, 9.17) is 32.7 Å². The van der Waals surface area contributed by atoms with Gasteiger partial charge in [0.1, 0.15) is 12.4 Å². The topological polar surface area (TPSA) is 76.7 Å². The maximum absolute atomic E-state index is 13.0. The molecule has 1 heterocycles. The molecular weight excluding hydrogens is 475 g/mol. The molecule has 3 aromatic carbocycles. The zero-order chi connectivity index (χ0) is 24.1. The molecule has 2 amide bonds. The number of carbonyl (C=O) groups excluding carboxylic acids is 2. The van der Waals surface area contributed by atoms with Gasteiger partial charge in [-0.05, 0) is 42.3 Å². The molecule has 4 rings (SSSR count). The molecule has 6 nitrogen and oxygen atoms in total. The summed E-state index contributed by atoms with van der Waals surface area (Å²) < 4.78 is 11.3. The lowest BCUT2D eigenvalue weighted by molar-refractivity contribution is -0.138. The van der Waals surface area contributed by atoms with E-state index < -0.39 is 18.0 Å². The summed E-state index contributed by atoms with van der Waals surface area (Å²) in [6.45, 7) is 2.17. The fourth-order valence-corrected chi connectivity index (χ4v) is 4.12. The first-order valence-corrected chi connectivity index (χ1v) is 11.4. The van der Waals surface area contributed by atoms with Crippen LogP contribution in [0.4, 0.5) is 4.79 Å². The van der Waals surface area contributed by atoms with Crippen LogP contribution in [0.2, 0.25) is 10.0 Å². The predicted octanol–water partition coefficient (Wildman–Crippen LogP) is 5.90. The average molecular weight is 497 g/mol. The molecule has 1 atom stereocenters. The minimum Gasteiger partial charge on any atom is -0.489 e. The lowest BCUT2D eigenvalue weighted by atomic mass is 9.92. The molecular formula is C26H22Cl2N2O4. The largest absolute Gasteiger partial charge is 0.489 e. The van der Waals surface area contributed by atoms with Crippen LogP contribution >= 0.6 is 23.2 Å². The zero-order valence-electron chi connectivity index (χ0n) is 18.3. The molecule has 1 aliphatic heterocycles. The van der Waals surface area contributed by atoms with E-state index >= 15 is 0 Å². The number of benzene rings is 3. The first kappa shape index (κ1) is 23.7. The summed E-state index contributed by atoms with van der Waals surface area (Å²) in [7, 11) is 0. The van der Waals surface area contributed by atoms with Crippen molar-refractivity contribution >= 4 is 40.9 Å². The van der Waals surface area contributed by atoms with Crippen LogP contribution < -0.4 is 15.4 Å². The van der Waals surface area contributed by atoms with Crippen LogP contribution in [0.25, 0.3) is 5.70 Å². The van der Waals surface area contributed by atoms with Crippen LogP contribution in [0.15, 0.2) is 78.4 Å². The number of urea groups is 1. The lowest BCUT2D eigenvalue weighted by Gasteiger charge is -2.29. The van der Waals surface area contributed by atoms with Crippen LogP contribution in [0, 0.1) is 0 Å². The highest BCUT2D eigenvalue weighted by molar-refractivity contribution is 6.35. The number of carbonyl (C=O) groups is 2. The molecule has 0 aromatic heterocycles. The Morgan fingerprint density at radius 3 is 2.53 bits per heavy atom. The van der Waals surface area contributed by atoms with E-state index in [1.807, 2.05) is 36.4 Å². The average Bonchev–Trinajstić information content (AvgIpc) is 2.84. The van der Waals surface area contributed by atoms with Gasteiger partial charge >= 0.3 is 12.0 Å². The van der Waals surface area contributed by atoms with E-state index in [1.54, 1.807) is 43.3 Å². The maximum Gasteiger partial charge on any atom is 0.338 e. The summed E-state index contributed by atoms with van der Waals surface area (Å²) in [4.78, 5) is 25.6. The van der Waals surface area contributed by atoms with Crippen LogP contribution in [0.5, 0.6) is 5.75 Å². The van der Waals surface area contributed by atoms with Crippen molar-refractivity contribution in [2.75, 3.05) is 6.61 Å². The normalized spacial score (nSPS) is 15.4. The van der Waals surface area contributed by atoms with Gasteiger partial charge in [0.15, 0.2) is 0 Å². The highest BCUT2D eigenvalue weighted by atomic mass is 35.5. The standard InChI is InChI=1S/C26H22Cl2N2O4/c1-2-33-25(31)22-23(16-7-4-3-5-8-16)29-26(32)30-24(22)17-9-6-10-20(13-17)34-15-18-11-12-19(27)14-21(18)28/h3-14,24H,2,15H2,1H3,(H2,29,30,32). The Labute approximate surface area is 207 Å². The molecule has 0 spiro atoms. The van der Waals surface area contributed by atoms with Crippen molar-refractivity contribution in [2.45, 2.75) is 19.6 Å². The summed E-state index contributed by atoms with van der Waals surface area (Å²) in [5.41, 5.74) is 2.88. The monoisotopic (exact) mass is 496 g/mol. The van der Waals surface area contributed by atoms with E-state index in [2.05, 4.69) is 10.6 Å². The van der Waals surface area contributed by atoms with Crippen molar-refractivity contribution in [3.05, 3.63) is 105 Å². The van der Waals surface area contributed by atoms with E-state index in [9.17, 15) is 9.59 Å². The third kappa shape index (κ3) is 5.35. The minimum absolute atomic E-state index is 0.204. The van der Waals surface area contributed by atoms with Crippen LogP contribution in [0.3, 0.4) is 0 Å². The summed E-state index contributed by atoms with van der Waals surface area (Å²) in [6, 6.07) is 20.4. The first-order valence-electron chi connectivity index (χ1n) is 10.7. The van der Waals surface area contributed by atoms with E-state index in [0.29, 0.717) is 38.2 Å². The Bertz CT molecular complexity index is 1240. The van der Waals surface area contributed by atoms with Gasteiger partial charge in [-0.15, -0.1) is 0 Å². The summed E-state index contributed by atoms with van der Waals surface area (Å²) in [5.74, 6) is 0.0406. The number of ether oxygens (including phenoxy) is 2. The zero-order valence-corrected chi connectivity index (χ0v) is 19.8. The van der Waals surface area contributed by atoms with Gasteiger partial charge in [0.25, 0.3) is 0 Å². The SMILES string of the molecule is CCOC(=O)C1=C(c2ccccc2)NC(=O)NC1c1cccc(OCc2ccc(Cl)cc2Cl)c1. The summed E-state index contributed by atoms with van der Waals surface area (Å²) in [6.07, 6.45) is 0. The van der Waals surface area contributed by atoms with Crippen LogP contribution in [0.1, 0.15) is 29.7 Å². The molecule has 3 aromatic rings. The van der Waals surface area contributed by atoms with Gasteiger partial charge in [-0.1, -0.05) is 71.7 Å². The molecule has 174 valence electrons. The third-order valence-corrected chi connectivity index (χ3v) is 5.82. The van der Waals surface area contributed by atoms with Gasteiger partial charge in [-0.3, -0.25) is 0 Å². The quantitative estimate of drug-likeness (QED) is 0.399. The first-order chi connectivity index (χ1) is 16.5. The number of amides is 2. The fraction of sp³-hybridized carbons (Fsp3) is 0.154. The van der Waals surface area contributed by atoms with Gasteiger partial charge in [0, 0.05) is 15.6 Å². The Hall–Kier alpha value is -3.48. The molecule has 0 radical (unpaired) electrons.